The SMILES string of the molecule is CC(C)NC(=S)N/N=C\c1cccc(Cl)c1. The minimum Gasteiger partial charge on any atom is -0.359 e. The van der Waals surface area contributed by atoms with Crippen LogP contribution in [-0.4, -0.2) is 17.4 Å². The maximum atomic E-state index is 5.83. The van der Waals surface area contributed by atoms with Gasteiger partial charge in [0.15, 0.2) is 5.11 Å². The van der Waals surface area contributed by atoms with Gasteiger partial charge >= 0.3 is 0 Å². The van der Waals surface area contributed by atoms with Gasteiger partial charge in [-0.3, -0.25) is 5.43 Å². The van der Waals surface area contributed by atoms with E-state index in [0.717, 1.165) is 5.56 Å². The second kappa shape index (κ2) is 6.45. The largest absolute Gasteiger partial charge is 0.359 e. The molecule has 0 unspecified atom stereocenters. The maximum absolute atomic E-state index is 5.83. The zero-order valence-electron chi connectivity index (χ0n) is 9.20. The van der Waals surface area contributed by atoms with Gasteiger partial charge in [-0.25, -0.2) is 0 Å². The Morgan fingerprint density at radius 3 is 2.88 bits per heavy atom. The summed E-state index contributed by atoms with van der Waals surface area (Å²) in [4.78, 5) is 0. The van der Waals surface area contributed by atoms with Gasteiger partial charge < -0.3 is 5.32 Å². The van der Waals surface area contributed by atoms with Crippen molar-refractivity contribution in [3.63, 3.8) is 0 Å². The Labute approximate surface area is 106 Å². The zero-order valence-corrected chi connectivity index (χ0v) is 10.8. The number of nitrogens with one attached hydrogen (secondary N) is 2. The van der Waals surface area contributed by atoms with Crippen LogP contribution in [0.5, 0.6) is 0 Å². The Bertz CT molecular complexity index is 391. The average Bonchev–Trinajstić information content (AvgIpc) is 2.16. The lowest BCUT2D eigenvalue weighted by molar-refractivity contribution is 0.720. The predicted octanol–water partition coefficient (Wildman–Crippen LogP) is 2.55. The molecule has 0 aliphatic heterocycles. The number of hydrogen-bond acceptors (Lipinski definition) is 2. The van der Waals surface area contributed by atoms with Gasteiger partial charge in [0.2, 0.25) is 0 Å². The zero-order chi connectivity index (χ0) is 12.0. The molecule has 0 radical (unpaired) electrons. The molecular formula is C11H14ClN3S. The van der Waals surface area contributed by atoms with E-state index in [2.05, 4.69) is 15.8 Å². The number of rotatable bonds is 3. The van der Waals surface area contributed by atoms with Gasteiger partial charge in [-0.1, -0.05) is 23.7 Å². The molecule has 1 rings (SSSR count). The maximum Gasteiger partial charge on any atom is 0.187 e. The molecule has 0 atom stereocenters. The Morgan fingerprint density at radius 2 is 2.25 bits per heavy atom. The van der Waals surface area contributed by atoms with Crippen LogP contribution in [0.25, 0.3) is 0 Å². The topological polar surface area (TPSA) is 36.4 Å². The van der Waals surface area contributed by atoms with Crippen molar-refractivity contribution in [2.45, 2.75) is 19.9 Å². The van der Waals surface area contributed by atoms with Crippen molar-refractivity contribution >= 4 is 35.1 Å². The molecule has 1 aromatic rings. The normalized spacial score (nSPS) is 10.8. The quantitative estimate of drug-likeness (QED) is 0.495. The number of benzene rings is 1. The van der Waals surface area contributed by atoms with E-state index in [0.29, 0.717) is 16.2 Å². The summed E-state index contributed by atoms with van der Waals surface area (Å²) in [6.07, 6.45) is 1.67. The fraction of sp³-hybridized carbons (Fsp3) is 0.273. The minimum absolute atomic E-state index is 0.293. The molecule has 5 heteroatoms. The first-order valence-corrected chi connectivity index (χ1v) is 5.71. The molecule has 0 saturated carbocycles. The van der Waals surface area contributed by atoms with E-state index in [1.54, 1.807) is 6.21 Å². The highest BCUT2D eigenvalue weighted by atomic mass is 35.5. The molecule has 0 amide bonds. The lowest BCUT2D eigenvalue weighted by Crippen LogP contribution is -2.36. The van der Waals surface area contributed by atoms with Crippen LogP contribution in [0.1, 0.15) is 19.4 Å². The van der Waals surface area contributed by atoms with Crippen LogP contribution in [0.15, 0.2) is 29.4 Å². The molecule has 0 heterocycles. The van der Waals surface area contributed by atoms with E-state index in [1.165, 1.54) is 0 Å². The van der Waals surface area contributed by atoms with Gasteiger partial charge in [0, 0.05) is 11.1 Å². The van der Waals surface area contributed by atoms with Crippen molar-refractivity contribution in [1.29, 1.82) is 0 Å². The Hall–Kier alpha value is -1.13. The standard InChI is InChI=1S/C11H14ClN3S/c1-8(2)14-11(16)15-13-7-9-4-3-5-10(12)6-9/h3-8H,1-2H3,(H2,14,15,16)/b13-7-. The lowest BCUT2D eigenvalue weighted by Gasteiger charge is -2.09. The van der Waals surface area contributed by atoms with Gasteiger partial charge in [0.05, 0.1) is 6.21 Å². The third-order valence-electron chi connectivity index (χ3n) is 1.65. The molecule has 1 aromatic carbocycles. The number of nitrogens with zero attached hydrogens (tertiary/aromatic N) is 1. The molecular weight excluding hydrogens is 242 g/mol. The smallest absolute Gasteiger partial charge is 0.187 e. The van der Waals surface area contributed by atoms with E-state index in [1.807, 2.05) is 38.1 Å². The summed E-state index contributed by atoms with van der Waals surface area (Å²) in [5.41, 5.74) is 3.65. The summed E-state index contributed by atoms with van der Waals surface area (Å²) in [6.45, 7) is 4.02. The lowest BCUT2D eigenvalue weighted by atomic mass is 10.2. The molecule has 0 spiro atoms. The van der Waals surface area contributed by atoms with Crippen LogP contribution in [0.2, 0.25) is 5.02 Å². The summed E-state index contributed by atoms with van der Waals surface area (Å²) in [7, 11) is 0. The Balaban J connectivity index is 2.46. The third-order valence-corrected chi connectivity index (χ3v) is 2.09. The number of hydrazone groups is 1. The minimum atomic E-state index is 0.293. The first kappa shape index (κ1) is 12.9. The van der Waals surface area contributed by atoms with Crippen molar-refractivity contribution in [3.8, 4) is 0 Å². The van der Waals surface area contributed by atoms with Crippen LogP contribution in [-0.2, 0) is 0 Å². The summed E-state index contributed by atoms with van der Waals surface area (Å²) in [6, 6.07) is 7.72. The average molecular weight is 256 g/mol. The summed E-state index contributed by atoms with van der Waals surface area (Å²) < 4.78 is 0. The van der Waals surface area contributed by atoms with E-state index in [4.69, 9.17) is 23.8 Å². The molecule has 0 aliphatic carbocycles. The van der Waals surface area contributed by atoms with E-state index >= 15 is 0 Å². The van der Waals surface area contributed by atoms with Gasteiger partial charge in [0.25, 0.3) is 0 Å². The summed E-state index contributed by atoms with van der Waals surface area (Å²) in [5, 5.41) is 8.21. The monoisotopic (exact) mass is 255 g/mol. The fourth-order valence-corrected chi connectivity index (χ4v) is 1.53. The van der Waals surface area contributed by atoms with Crippen LogP contribution < -0.4 is 10.7 Å². The van der Waals surface area contributed by atoms with Crippen LogP contribution >= 0.6 is 23.8 Å². The van der Waals surface area contributed by atoms with Crippen LogP contribution in [0.4, 0.5) is 0 Å². The van der Waals surface area contributed by atoms with Gasteiger partial charge in [-0.15, -0.1) is 0 Å². The molecule has 2 N–H and O–H groups in total. The molecule has 0 aliphatic rings. The number of hydrogen-bond donors (Lipinski definition) is 2. The first-order valence-electron chi connectivity index (χ1n) is 4.93. The molecule has 0 fully saturated rings. The van der Waals surface area contributed by atoms with Crippen molar-refractivity contribution in [1.82, 2.24) is 10.7 Å². The van der Waals surface area contributed by atoms with Crippen molar-refractivity contribution in [2.75, 3.05) is 0 Å². The molecule has 0 aromatic heterocycles. The van der Waals surface area contributed by atoms with Crippen LogP contribution in [0, 0.1) is 0 Å². The molecule has 0 bridgehead atoms. The number of thiocarbonyl (C=S) groups is 1. The van der Waals surface area contributed by atoms with E-state index in [9.17, 15) is 0 Å². The second-order valence-electron chi connectivity index (χ2n) is 3.55. The summed E-state index contributed by atoms with van der Waals surface area (Å²) in [5.74, 6) is 0. The molecule has 86 valence electrons. The van der Waals surface area contributed by atoms with Crippen molar-refractivity contribution in [3.05, 3.63) is 34.9 Å². The highest BCUT2D eigenvalue weighted by Crippen LogP contribution is 2.08. The third kappa shape index (κ3) is 5.09. The van der Waals surface area contributed by atoms with Crippen LogP contribution in [0.3, 0.4) is 0 Å². The Kier molecular flexibility index (Phi) is 5.22. The molecule has 0 saturated heterocycles. The predicted molar refractivity (Wildman–Crippen MR) is 73.1 cm³/mol. The molecule has 16 heavy (non-hydrogen) atoms. The first-order chi connectivity index (χ1) is 7.58. The fourth-order valence-electron chi connectivity index (χ4n) is 1.05. The highest BCUT2D eigenvalue weighted by Gasteiger charge is 1.95. The van der Waals surface area contributed by atoms with Gasteiger partial charge in [-0.05, 0) is 43.8 Å². The van der Waals surface area contributed by atoms with Crippen molar-refractivity contribution in [2.24, 2.45) is 5.10 Å². The van der Waals surface area contributed by atoms with Gasteiger partial charge in [0.1, 0.15) is 0 Å². The highest BCUT2D eigenvalue weighted by molar-refractivity contribution is 7.80. The summed E-state index contributed by atoms with van der Waals surface area (Å²) >= 11 is 10.8. The van der Waals surface area contributed by atoms with Crippen molar-refractivity contribution < 1.29 is 0 Å². The Morgan fingerprint density at radius 1 is 1.50 bits per heavy atom. The second-order valence-corrected chi connectivity index (χ2v) is 4.40. The molecule has 3 nitrogen and oxygen atoms in total. The number of halogens is 1. The van der Waals surface area contributed by atoms with E-state index < -0.39 is 0 Å². The van der Waals surface area contributed by atoms with Gasteiger partial charge in [-0.2, -0.15) is 5.10 Å². The van der Waals surface area contributed by atoms with E-state index in [-0.39, 0.29) is 0 Å².